The maximum Gasteiger partial charge on any atom is 0.187 e. The predicted molar refractivity (Wildman–Crippen MR) is 98.2 cm³/mol. The molecule has 0 spiro atoms. The van der Waals surface area contributed by atoms with E-state index in [2.05, 4.69) is 45.2 Å². The number of rotatable bonds is 7. The molecule has 1 fully saturated rings. The minimum Gasteiger partial charge on any atom is -0.376 e. The van der Waals surface area contributed by atoms with Crippen LogP contribution in [-0.2, 0) is 17.7 Å². The number of morpholine rings is 1. The van der Waals surface area contributed by atoms with Crippen LogP contribution in [-0.4, -0.2) is 46.9 Å². The Kier molecular flexibility index (Phi) is 6.64. The van der Waals surface area contributed by atoms with Crippen LogP contribution in [0.5, 0.6) is 0 Å². The smallest absolute Gasteiger partial charge is 0.187 e. The zero-order valence-corrected chi connectivity index (χ0v) is 15.0. The summed E-state index contributed by atoms with van der Waals surface area (Å²) in [5.74, 6) is 0. The summed E-state index contributed by atoms with van der Waals surface area (Å²) in [6.07, 6.45) is 9.65. The molecule has 0 unspecified atom stereocenters. The number of benzene rings is 1. The second-order valence-corrected chi connectivity index (χ2v) is 6.96. The number of nitrogens with zero attached hydrogens (tertiary/aromatic N) is 3. The van der Waals surface area contributed by atoms with Crippen molar-refractivity contribution >= 4 is 11.8 Å². The quantitative estimate of drug-likeness (QED) is 0.569. The summed E-state index contributed by atoms with van der Waals surface area (Å²) in [7, 11) is 0. The van der Waals surface area contributed by atoms with Crippen LogP contribution >= 0.6 is 11.8 Å². The van der Waals surface area contributed by atoms with Gasteiger partial charge in [-0.15, -0.1) is 0 Å². The van der Waals surface area contributed by atoms with E-state index in [-0.39, 0.29) is 0 Å². The summed E-state index contributed by atoms with van der Waals surface area (Å²) in [6, 6.07) is 10.7. The van der Waals surface area contributed by atoms with Gasteiger partial charge in [-0.25, -0.2) is 9.97 Å². The topological polar surface area (TPSA) is 38.2 Å². The first-order valence-corrected chi connectivity index (χ1v) is 9.79. The fourth-order valence-corrected chi connectivity index (χ4v) is 3.38. The van der Waals surface area contributed by atoms with Crippen LogP contribution < -0.4 is 0 Å². The van der Waals surface area contributed by atoms with Crippen LogP contribution in [0.3, 0.4) is 0 Å². The van der Waals surface area contributed by atoms with Crippen molar-refractivity contribution in [1.29, 1.82) is 0 Å². The monoisotopic (exact) mass is 343 g/mol. The van der Waals surface area contributed by atoms with E-state index in [0.717, 1.165) is 44.2 Å². The maximum absolute atomic E-state index is 5.94. The van der Waals surface area contributed by atoms with Crippen LogP contribution in [0.15, 0.2) is 47.9 Å². The average molecular weight is 343 g/mol. The van der Waals surface area contributed by atoms with Gasteiger partial charge in [0.2, 0.25) is 0 Å². The van der Waals surface area contributed by atoms with Gasteiger partial charge in [-0.1, -0.05) is 42.1 Å². The molecule has 24 heavy (non-hydrogen) atoms. The molecule has 1 atom stereocenters. The number of aryl methyl sites for hydroxylation is 1. The fourth-order valence-electron chi connectivity index (χ4n) is 3.07. The summed E-state index contributed by atoms with van der Waals surface area (Å²) in [4.78, 5) is 11.2. The largest absolute Gasteiger partial charge is 0.376 e. The Hall–Kier alpha value is -1.43. The van der Waals surface area contributed by atoms with Crippen LogP contribution in [0.1, 0.15) is 24.0 Å². The molecule has 0 radical (unpaired) electrons. The van der Waals surface area contributed by atoms with Gasteiger partial charge in [-0.05, 0) is 31.1 Å². The van der Waals surface area contributed by atoms with Gasteiger partial charge in [0.15, 0.2) is 5.16 Å². The molecule has 0 aliphatic carbocycles. The van der Waals surface area contributed by atoms with E-state index in [4.69, 9.17) is 4.74 Å². The van der Waals surface area contributed by atoms with Crippen LogP contribution in [0.2, 0.25) is 0 Å². The van der Waals surface area contributed by atoms with Crippen molar-refractivity contribution in [1.82, 2.24) is 14.9 Å². The number of aromatic nitrogens is 2. The normalized spacial score (nSPS) is 18.6. The molecule has 1 aliphatic heterocycles. The average Bonchev–Trinajstić information content (AvgIpc) is 2.64. The lowest BCUT2D eigenvalue weighted by Crippen LogP contribution is -2.41. The van der Waals surface area contributed by atoms with Gasteiger partial charge in [0.1, 0.15) is 0 Å². The molecule has 0 amide bonds. The molecule has 1 saturated heterocycles. The van der Waals surface area contributed by atoms with Crippen molar-refractivity contribution < 1.29 is 4.74 Å². The molecule has 5 heteroatoms. The summed E-state index contributed by atoms with van der Waals surface area (Å²) in [5, 5.41) is 0.833. The number of ether oxygens (including phenoxy) is 1. The predicted octanol–water partition coefficient (Wildman–Crippen LogP) is 3.42. The second kappa shape index (κ2) is 9.16. The Morgan fingerprint density at radius 3 is 2.71 bits per heavy atom. The SMILES string of the molecule is CSc1ncc(CN2CCO[C@H](CCCc3ccccc3)C2)cn1. The highest BCUT2D eigenvalue weighted by Gasteiger charge is 2.20. The first kappa shape index (κ1) is 17.4. The standard InChI is InChI=1S/C19H25N3OS/c1-24-19-20-12-17(13-21-19)14-22-10-11-23-18(15-22)9-5-8-16-6-3-2-4-7-16/h2-4,6-7,12-13,18H,5,8-11,14-15H2,1H3/t18-/m1/s1. The van der Waals surface area contributed by atoms with Crippen molar-refractivity contribution in [3.63, 3.8) is 0 Å². The van der Waals surface area contributed by atoms with E-state index >= 15 is 0 Å². The maximum atomic E-state index is 5.94. The number of hydrogen-bond donors (Lipinski definition) is 0. The molecule has 0 N–H and O–H groups in total. The van der Waals surface area contributed by atoms with Crippen molar-refractivity contribution in [3.05, 3.63) is 53.9 Å². The molecular weight excluding hydrogens is 318 g/mol. The van der Waals surface area contributed by atoms with Crippen molar-refractivity contribution in [3.8, 4) is 0 Å². The summed E-state index contributed by atoms with van der Waals surface area (Å²) in [5.41, 5.74) is 2.59. The molecule has 1 aromatic heterocycles. The first-order chi connectivity index (χ1) is 11.8. The van der Waals surface area contributed by atoms with Gasteiger partial charge in [0, 0.05) is 37.6 Å². The molecule has 128 valence electrons. The fraction of sp³-hybridized carbons (Fsp3) is 0.474. The Balaban J connectivity index is 1.43. The Labute approximate surface area is 148 Å². The molecule has 1 aliphatic rings. The van der Waals surface area contributed by atoms with Gasteiger partial charge in [-0.2, -0.15) is 0 Å². The molecular formula is C19H25N3OS. The molecule has 0 bridgehead atoms. The van der Waals surface area contributed by atoms with Gasteiger partial charge < -0.3 is 4.74 Å². The molecule has 3 rings (SSSR count). The zero-order valence-electron chi connectivity index (χ0n) is 14.2. The lowest BCUT2D eigenvalue weighted by atomic mass is 10.0. The molecule has 0 saturated carbocycles. The van der Waals surface area contributed by atoms with E-state index in [1.165, 1.54) is 17.5 Å². The minimum atomic E-state index is 0.342. The number of hydrogen-bond acceptors (Lipinski definition) is 5. The molecule has 1 aromatic carbocycles. The molecule has 2 aromatic rings. The van der Waals surface area contributed by atoms with Crippen LogP contribution in [0.4, 0.5) is 0 Å². The van der Waals surface area contributed by atoms with Gasteiger partial charge in [0.25, 0.3) is 0 Å². The Bertz CT molecular complexity index is 606. The van der Waals surface area contributed by atoms with E-state index < -0.39 is 0 Å². The third-order valence-corrected chi connectivity index (χ3v) is 4.90. The van der Waals surface area contributed by atoms with Gasteiger partial charge >= 0.3 is 0 Å². The van der Waals surface area contributed by atoms with Gasteiger partial charge in [-0.3, -0.25) is 4.90 Å². The summed E-state index contributed by atoms with van der Waals surface area (Å²) < 4.78 is 5.94. The van der Waals surface area contributed by atoms with E-state index in [9.17, 15) is 0 Å². The van der Waals surface area contributed by atoms with Crippen molar-refractivity contribution in [2.45, 2.75) is 37.1 Å². The highest BCUT2D eigenvalue weighted by Crippen LogP contribution is 2.15. The van der Waals surface area contributed by atoms with Gasteiger partial charge in [0.05, 0.1) is 12.7 Å². The lowest BCUT2D eigenvalue weighted by Gasteiger charge is -2.33. The molecule has 4 nitrogen and oxygen atoms in total. The third-order valence-electron chi connectivity index (χ3n) is 4.33. The third kappa shape index (κ3) is 5.30. The second-order valence-electron chi connectivity index (χ2n) is 6.18. The highest BCUT2D eigenvalue weighted by molar-refractivity contribution is 7.98. The van der Waals surface area contributed by atoms with E-state index in [1.807, 2.05) is 18.6 Å². The van der Waals surface area contributed by atoms with Crippen LogP contribution in [0.25, 0.3) is 0 Å². The lowest BCUT2D eigenvalue weighted by molar-refractivity contribution is -0.0355. The van der Waals surface area contributed by atoms with Crippen LogP contribution in [0, 0.1) is 0 Å². The highest BCUT2D eigenvalue weighted by atomic mass is 32.2. The Morgan fingerprint density at radius 1 is 1.17 bits per heavy atom. The number of thioether (sulfide) groups is 1. The van der Waals surface area contributed by atoms with Crippen molar-refractivity contribution in [2.75, 3.05) is 26.0 Å². The summed E-state index contributed by atoms with van der Waals surface area (Å²) >= 11 is 1.58. The first-order valence-electron chi connectivity index (χ1n) is 8.56. The summed E-state index contributed by atoms with van der Waals surface area (Å²) in [6.45, 7) is 3.71. The van der Waals surface area contributed by atoms with E-state index in [0.29, 0.717) is 6.10 Å². The van der Waals surface area contributed by atoms with E-state index in [1.54, 1.807) is 11.8 Å². The zero-order chi connectivity index (χ0) is 16.6. The minimum absolute atomic E-state index is 0.342. The molecule has 2 heterocycles. The van der Waals surface area contributed by atoms with Crippen molar-refractivity contribution in [2.24, 2.45) is 0 Å². The Morgan fingerprint density at radius 2 is 1.96 bits per heavy atom.